The van der Waals surface area contributed by atoms with Crippen molar-refractivity contribution in [1.82, 2.24) is 4.98 Å². The smallest absolute Gasteiger partial charge is 0.263 e. The highest BCUT2D eigenvalue weighted by Crippen LogP contribution is 2.28. The molecule has 0 aliphatic rings. The maximum atomic E-state index is 13.0. The van der Waals surface area contributed by atoms with Crippen LogP contribution in [0.15, 0.2) is 76.7 Å². The molecule has 0 aliphatic heterocycles. The molecule has 0 amide bonds. The highest BCUT2D eigenvalue weighted by molar-refractivity contribution is 7.93. The van der Waals surface area contributed by atoms with Gasteiger partial charge in [-0.25, -0.2) is 21.8 Å². The Balaban J connectivity index is 1.84. The zero-order chi connectivity index (χ0) is 22.9. The molecule has 2 N–H and O–H groups in total. The molecule has 1 heterocycles. The van der Waals surface area contributed by atoms with Crippen LogP contribution in [0.5, 0.6) is 0 Å². The Kier molecular flexibility index (Phi) is 6.11. The normalized spacial score (nSPS) is 12.4. The molecule has 3 rings (SSSR count). The topological polar surface area (TPSA) is 105 Å². The van der Waals surface area contributed by atoms with Crippen molar-refractivity contribution in [2.45, 2.75) is 42.9 Å². The Morgan fingerprint density at radius 3 is 2.06 bits per heavy atom. The molecule has 1 aromatic heterocycles. The van der Waals surface area contributed by atoms with Crippen LogP contribution in [0.25, 0.3) is 0 Å². The van der Waals surface area contributed by atoms with Gasteiger partial charge in [0.05, 0.1) is 9.79 Å². The second-order valence-electron chi connectivity index (χ2n) is 8.18. The fraction of sp³-hybridized carbons (Fsp3) is 0.227. The number of benzene rings is 2. The lowest BCUT2D eigenvalue weighted by molar-refractivity contribution is 0.584. The average Bonchev–Trinajstić information content (AvgIpc) is 2.68. The third-order valence-corrected chi connectivity index (χ3v) is 7.56. The lowest BCUT2D eigenvalue weighted by atomic mass is 9.87. The monoisotopic (exact) mass is 459 g/mol. The number of hydrogen-bond donors (Lipinski definition) is 2. The van der Waals surface area contributed by atoms with Gasteiger partial charge in [0, 0.05) is 11.9 Å². The molecule has 0 spiro atoms. The molecule has 0 fully saturated rings. The summed E-state index contributed by atoms with van der Waals surface area (Å²) in [6.45, 7) is 7.78. The zero-order valence-electron chi connectivity index (χ0n) is 17.7. The van der Waals surface area contributed by atoms with E-state index >= 15 is 0 Å². The summed E-state index contributed by atoms with van der Waals surface area (Å²) in [6, 6.07) is 15.7. The summed E-state index contributed by atoms with van der Waals surface area (Å²) < 4.78 is 55.9. The standard InChI is InChI=1S/C22H25N3O4S2/c1-16-8-9-17(22(2,3)4)15-20(16)31(28,29)24-18-10-12-19(13-11-18)30(26,27)25-21-7-5-6-14-23-21/h5-15,24H,1-4H3,(H,23,25). The molecule has 3 aromatic rings. The molecule has 0 saturated carbocycles. The molecule has 164 valence electrons. The van der Waals surface area contributed by atoms with Gasteiger partial charge in [0.1, 0.15) is 5.82 Å². The van der Waals surface area contributed by atoms with E-state index in [1.54, 1.807) is 31.2 Å². The van der Waals surface area contributed by atoms with Crippen LogP contribution in [0.4, 0.5) is 11.5 Å². The number of anilines is 2. The number of aromatic nitrogens is 1. The largest absolute Gasteiger partial charge is 0.280 e. The maximum Gasteiger partial charge on any atom is 0.263 e. The third kappa shape index (κ3) is 5.42. The van der Waals surface area contributed by atoms with E-state index < -0.39 is 20.0 Å². The summed E-state index contributed by atoms with van der Waals surface area (Å²) in [7, 11) is -7.69. The molecule has 0 aliphatic carbocycles. The third-order valence-electron chi connectivity index (χ3n) is 4.66. The van der Waals surface area contributed by atoms with E-state index in [-0.39, 0.29) is 26.7 Å². The van der Waals surface area contributed by atoms with Crippen LogP contribution in [0.3, 0.4) is 0 Å². The molecule has 2 aromatic carbocycles. The Labute approximate surface area is 183 Å². The highest BCUT2D eigenvalue weighted by atomic mass is 32.2. The summed E-state index contributed by atoms with van der Waals surface area (Å²) in [5, 5.41) is 0. The van der Waals surface area contributed by atoms with Crippen molar-refractivity contribution in [2.75, 3.05) is 9.44 Å². The fourth-order valence-corrected chi connectivity index (χ4v) is 5.23. The Hall–Kier alpha value is -2.91. The first-order valence-electron chi connectivity index (χ1n) is 9.56. The van der Waals surface area contributed by atoms with E-state index in [1.165, 1.54) is 36.5 Å². The van der Waals surface area contributed by atoms with E-state index in [9.17, 15) is 16.8 Å². The first-order valence-corrected chi connectivity index (χ1v) is 12.5. The van der Waals surface area contributed by atoms with Gasteiger partial charge in [0.15, 0.2) is 0 Å². The average molecular weight is 460 g/mol. The van der Waals surface area contributed by atoms with Gasteiger partial charge >= 0.3 is 0 Å². The fourth-order valence-electron chi connectivity index (χ4n) is 2.89. The lowest BCUT2D eigenvalue weighted by Gasteiger charge is -2.21. The van der Waals surface area contributed by atoms with Gasteiger partial charge in [0.25, 0.3) is 20.0 Å². The number of pyridine rings is 1. The van der Waals surface area contributed by atoms with E-state index in [2.05, 4.69) is 14.4 Å². The van der Waals surface area contributed by atoms with E-state index in [1.807, 2.05) is 26.8 Å². The molecule has 0 saturated heterocycles. The zero-order valence-corrected chi connectivity index (χ0v) is 19.4. The van der Waals surface area contributed by atoms with Crippen molar-refractivity contribution in [3.63, 3.8) is 0 Å². The molecular formula is C22H25N3O4S2. The van der Waals surface area contributed by atoms with Gasteiger partial charge in [-0.1, -0.05) is 39.0 Å². The van der Waals surface area contributed by atoms with Gasteiger partial charge < -0.3 is 0 Å². The van der Waals surface area contributed by atoms with Crippen LogP contribution >= 0.6 is 0 Å². The van der Waals surface area contributed by atoms with E-state index in [0.29, 0.717) is 5.56 Å². The molecule has 0 atom stereocenters. The molecule has 31 heavy (non-hydrogen) atoms. The van der Waals surface area contributed by atoms with Crippen molar-refractivity contribution in [2.24, 2.45) is 0 Å². The second-order valence-corrected chi connectivity index (χ2v) is 11.5. The minimum Gasteiger partial charge on any atom is -0.280 e. The first kappa shape index (κ1) is 22.8. The van der Waals surface area contributed by atoms with Gasteiger partial charge in [0.2, 0.25) is 0 Å². The molecule has 0 unspecified atom stereocenters. The van der Waals surface area contributed by atoms with Crippen LogP contribution in [0, 0.1) is 6.92 Å². The number of hydrogen-bond acceptors (Lipinski definition) is 5. The molecular weight excluding hydrogens is 434 g/mol. The summed E-state index contributed by atoms with van der Waals surface area (Å²) in [4.78, 5) is 4.12. The Bertz CT molecular complexity index is 1280. The summed E-state index contributed by atoms with van der Waals surface area (Å²) in [5.74, 6) is 0.196. The van der Waals surface area contributed by atoms with Gasteiger partial charge in [-0.3, -0.25) is 9.44 Å². The van der Waals surface area contributed by atoms with Crippen LogP contribution in [0.2, 0.25) is 0 Å². The Morgan fingerprint density at radius 1 is 0.806 bits per heavy atom. The van der Waals surface area contributed by atoms with Crippen LogP contribution in [-0.4, -0.2) is 21.8 Å². The minimum absolute atomic E-state index is 0.00740. The number of rotatable bonds is 6. The summed E-state index contributed by atoms with van der Waals surface area (Å²) >= 11 is 0. The van der Waals surface area contributed by atoms with Gasteiger partial charge in [-0.2, -0.15) is 0 Å². The summed E-state index contributed by atoms with van der Waals surface area (Å²) in [6.07, 6.45) is 1.48. The van der Waals surface area contributed by atoms with Crippen molar-refractivity contribution in [3.8, 4) is 0 Å². The van der Waals surface area contributed by atoms with Crippen molar-refractivity contribution in [3.05, 3.63) is 78.0 Å². The summed E-state index contributed by atoms with van der Waals surface area (Å²) in [5.41, 5.74) is 1.59. The number of nitrogens with one attached hydrogen (secondary N) is 2. The quantitative estimate of drug-likeness (QED) is 0.572. The predicted molar refractivity (Wildman–Crippen MR) is 122 cm³/mol. The number of sulfonamides is 2. The SMILES string of the molecule is Cc1ccc(C(C)(C)C)cc1S(=O)(=O)Nc1ccc(S(=O)(=O)Nc2ccccn2)cc1. The Morgan fingerprint density at radius 2 is 1.48 bits per heavy atom. The number of aryl methyl sites for hydroxylation is 1. The highest BCUT2D eigenvalue weighted by Gasteiger charge is 2.22. The first-order chi connectivity index (χ1) is 14.4. The van der Waals surface area contributed by atoms with E-state index in [0.717, 1.165) is 5.56 Å². The van der Waals surface area contributed by atoms with Crippen LogP contribution in [-0.2, 0) is 25.5 Å². The number of nitrogens with zero attached hydrogens (tertiary/aromatic N) is 1. The van der Waals surface area contributed by atoms with Crippen molar-refractivity contribution >= 4 is 31.6 Å². The van der Waals surface area contributed by atoms with Crippen molar-refractivity contribution < 1.29 is 16.8 Å². The van der Waals surface area contributed by atoms with Crippen LogP contribution < -0.4 is 9.44 Å². The van der Waals surface area contributed by atoms with E-state index in [4.69, 9.17) is 0 Å². The lowest BCUT2D eigenvalue weighted by Crippen LogP contribution is -2.17. The molecule has 0 radical (unpaired) electrons. The van der Waals surface area contributed by atoms with Crippen LogP contribution in [0.1, 0.15) is 31.9 Å². The predicted octanol–water partition coefficient (Wildman–Crippen LogP) is 4.29. The minimum atomic E-state index is -3.85. The second kappa shape index (κ2) is 8.32. The van der Waals surface area contributed by atoms with Gasteiger partial charge in [-0.15, -0.1) is 0 Å². The maximum absolute atomic E-state index is 13.0. The van der Waals surface area contributed by atoms with Gasteiger partial charge in [-0.05, 0) is 65.9 Å². The molecule has 7 nitrogen and oxygen atoms in total. The molecule has 9 heteroatoms. The molecule has 0 bridgehead atoms. The van der Waals surface area contributed by atoms with Crippen molar-refractivity contribution in [1.29, 1.82) is 0 Å².